The highest BCUT2D eigenvalue weighted by Crippen LogP contribution is 2.21. The molecule has 0 fully saturated rings. The summed E-state index contributed by atoms with van der Waals surface area (Å²) in [4.78, 5) is 23.6. The van der Waals surface area contributed by atoms with Crippen LogP contribution in [0.4, 0.5) is 0 Å². The highest BCUT2D eigenvalue weighted by atomic mass is 35.5. The van der Waals surface area contributed by atoms with Gasteiger partial charge in [0.2, 0.25) is 10.0 Å². The SMILES string of the molecule is CCC[C@@H](C)NC(=O)COC(=O)c1cc(S(=O)(=O)NC)ccc1Cl. The van der Waals surface area contributed by atoms with E-state index >= 15 is 0 Å². The quantitative estimate of drug-likeness (QED) is 0.672. The van der Waals surface area contributed by atoms with Crippen molar-refractivity contribution in [2.45, 2.75) is 37.6 Å². The van der Waals surface area contributed by atoms with Gasteiger partial charge in [-0.25, -0.2) is 17.9 Å². The van der Waals surface area contributed by atoms with E-state index in [9.17, 15) is 18.0 Å². The van der Waals surface area contributed by atoms with Crippen molar-refractivity contribution in [2.75, 3.05) is 13.7 Å². The molecule has 0 saturated heterocycles. The van der Waals surface area contributed by atoms with Crippen LogP contribution in [0.2, 0.25) is 5.02 Å². The zero-order valence-corrected chi connectivity index (χ0v) is 15.3. The molecule has 1 aromatic carbocycles. The lowest BCUT2D eigenvalue weighted by Crippen LogP contribution is -2.35. The molecule has 0 spiro atoms. The van der Waals surface area contributed by atoms with Crippen LogP contribution in [0.15, 0.2) is 23.1 Å². The number of ether oxygens (including phenoxy) is 1. The third-order valence-corrected chi connectivity index (χ3v) is 4.94. The van der Waals surface area contributed by atoms with E-state index in [2.05, 4.69) is 10.0 Å². The number of sulfonamides is 1. The number of amides is 1. The molecule has 0 aliphatic heterocycles. The fraction of sp³-hybridized carbons (Fsp3) is 0.467. The van der Waals surface area contributed by atoms with E-state index in [-0.39, 0.29) is 21.5 Å². The minimum absolute atomic E-state index is 0.0195. The number of nitrogens with one attached hydrogen (secondary N) is 2. The fourth-order valence-electron chi connectivity index (χ4n) is 1.98. The zero-order valence-electron chi connectivity index (χ0n) is 13.8. The van der Waals surface area contributed by atoms with Gasteiger partial charge in [-0.15, -0.1) is 0 Å². The van der Waals surface area contributed by atoms with E-state index in [0.29, 0.717) is 0 Å². The predicted octanol–water partition coefficient (Wildman–Crippen LogP) is 1.71. The van der Waals surface area contributed by atoms with Crippen molar-refractivity contribution in [1.29, 1.82) is 0 Å². The number of hydrogen-bond acceptors (Lipinski definition) is 5. The molecule has 0 aliphatic carbocycles. The van der Waals surface area contributed by atoms with Gasteiger partial charge in [0.15, 0.2) is 6.61 Å². The van der Waals surface area contributed by atoms with E-state index in [4.69, 9.17) is 16.3 Å². The lowest BCUT2D eigenvalue weighted by atomic mass is 10.2. The molecular weight excluding hydrogens is 356 g/mol. The molecule has 0 saturated carbocycles. The molecule has 1 rings (SSSR count). The molecule has 2 N–H and O–H groups in total. The number of hydrogen-bond donors (Lipinski definition) is 2. The highest BCUT2D eigenvalue weighted by Gasteiger charge is 2.19. The number of carbonyl (C=O) groups excluding carboxylic acids is 2. The van der Waals surface area contributed by atoms with Crippen molar-refractivity contribution >= 4 is 33.5 Å². The Hall–Kier alpha value is -1.64. The Morgan fingerprint density at radius 1 is 1.33 bits per heavy atom. The van der Waals surface area contributed by atoms with Gasteiger partial charge in [-0.3, -0.25) is 4.79 Å². The topological polar surface area (TPSA) is 102 Å². The first kappa shape index (κ1) is 20.4. The van der Waals surface area contributed by atoms with Gasteiger partial charge in [0.1, 0.15) is 0 Å². The average Bonchev–Trinajstić information content (AvgIpc) is 2.53. The molecule has 0 unspecified atom stereocenters. The summed E-state index contributed by atoms with van der Waals surface area (Å²) < 4.78 is 30.6. The maximum Gasteiger partial charge on any atom is 0.340 e. The summed E-state index contributed by atoms with van der Waals surface area (Å²) in [5, 5.41) is 2.73. The van der Waals surface area contributed by atoms with Crippen LogP contribution in [-0.4, -0.2) is 40.0 Å². The zero-order chi connectivity index (χ0) is 18.3. The second-order valence-corrected chi connectivity index (χ2v) is 7.48. The van der Waals surface area contributed by atoms with Crippen LogP contribution in [0.3, 0.4) is 0 Å². The third-order valence-electron chi connectivity index (χ3n) is 3.20. The summed E-state index contributed by atoms with van der Waals surface area (Å²) in [6.07, 6.45) is 1.74. The number of carbonyl (C=O) groups is 2. The molecule has 0 heterocycles. The van der Waals surface area contributed by atoms with Gasteiger partial charge in [-0.2, -0.15) is 0 Å². The normalized spacial score (nSPS) is 12.5. The Balaban J connectivity index is 2.78. The third kappa shape index (κ3) is 5.77. The summed E-state index contributed by atoms with van der Waals surface area (Å²) in [6.45, 7) is 3.38. The molecule has 1 atom stereocenters. The first-order chi connectivity index (χ1) is 11.2. The Kier molecular flexibility index (Phi) is 7.65. The van der Waals surface area contributed by atoms with Gasteiger partial charge in [-0.1, -0.05) is 24.9 Å². The molecular formula is C15H21ClN2O5S. The fourth-order valence-corrected chi connectivity index (χ4v) is 2.93. The van der Waals surface area contributed by atoms with Gasteiger partial charge in [-0.05, 0) is 38.6 Å². The van der Waals surface area contributed by atoms with E-state index in [0.717, 1.165) is 18.9 Å². The minimum atomic E-state index is -3.72. The van der Waals surface area contributed by atoms with Gasteiger partial charge in [0, 0.05) is 6.04 Å². The van der Waals surface area contributed by atoms with Crippen LogP contribution in [0, 0.1) is 0 Å². The summed E-state index contributed by atoms with van der Waals surface area (Å²) in [7, 11) is -2.47. The van der Waals surface area contributed by atoms with E-state index in [1.807, 2.05) is 13.8 Å². The average molecular weight is 377 g/mol. The number of halogens is 1. The van der Waals surface area contributed by atoms with Gasteiger partial charge < -0.3 is 10.1 Å². The first-order valence-electron chi connectivity index (χ1n) is 7.40. The Morgan fingerprint density at radius 3 is 2.58 bits per heavy atom. The Bertz CT molecular complexity index is 706. The van der Waals surface area contributed by atoms with Crippen molar-refractivity contribution in [3.63, 3.8) is 0 Å². The number of rotatable bonds is 8. The molecule has 0 aliphatic rings. The molecule has 0 radical (unpaired) electrons. The van der Waals surface area contributed by atoms with Crippen molar-refractivity contribution in [3.8, 4) is 0 Å². The second kappa shape index (κ2) is 9.00. The largest absolute Gasteiger partial charge is 0.452 e. The van der Waals surface area contributed by atoms with E-state index in [1.54, 1.807) is 0 Å². The van der Waals surface area contributed by atoms with Crippen LogP contribution in [0.5, 0.6) is 0 Å². The van der Waals surface area contributed by atoms with Crippen molar-refractivity contribution in [3.05, 3.63) is 28.8 Å². The van der Waals surface area contributed by atoms with E-state index in [1.165, 1.54) is 19.2 Å². The van der Waals surface area contributed by atoms with Crippen molar-refractivity contribution < 1.29 is 22.7 Å². The van der Waals surface area contributed by atoms with Gasteiger partial charge in [0.05, 0.1) is 15.5 Å². The maximum atomic E-state index is 12.0. The van der Waals surface area contributed by atoms with Crippen molar-refractivity contribution in [2.24, 2.45) is 0 Å². The number of esters is 1. The molecule has 9 heteroatoms. The molecule has 134 valence electrons. The maximum absolute atomic E-state index is 12.0. The molecule has 0 aromatic heterocycles. The minimum Gasteiger partial charge on any atom is -0.452 e. The first-order valence-corrected chi connectivity index (χ1v) is 9.27. The van der Waals surface area contributed by atoms with Crippen LogP contribution < -0.4 is 10.0 Å². The molecule has 0 bridgehead atoms. The molecule has 7 nitrogen and oxygen atoms in total. The molecule has 24 heavy (non-hydrogen) atoms. The summed E-state index contributed by atoms with van der Waals surface area (Å²) in [6, 6.07) is 3.64. The standard InChI is InChI=1S/C15H21ClN2O5S/c1-4-5-10(2)18-14(19)9-23-15(20)12-8-11(6-7-13(12)16)24(21,22)17-3/h6-8,10,17H,4-5,9H2,1-3H3,(H,18,19)/t10-/m1/s1. The van der Waals surface area contributed by atoms with Crippen LogP contribution in [0.1, 0.15) is 37.0 Å². The molecule has 1 aromatic rings. The van der Waals surface area contributed by atoms with Gasteiger partial charge in [0.25, 0.3) is 5.91 Å². The second-order valence-electron chi connectivity index (χ2n) is 5.18. The number of benzene rings is 1. The highest BCUT2D eigenvalue weighted by molar-refractivity contribution is 7.89. The summed E-state index contributed by atoms with van der Waals surface area (Å²) in [5.41, 5.74) is -0.123. The van der Waals surface area contributed by atoms with E-state index < -0.39 is 28.5 Å². The summed E-state index contributed by atoms with van der Waals surface area (Å²) >= 11 is 5.91. The van der Waals surface area contributed by atoms with Crippen LogP contribution in [-0.2, 0) is 19.6 Å². The van der Waals surface area contributed by atoms with Crippen LogP contribution >= 0.6 is 11.6 Å². The van der Waals surface area contributed by atoms with Gasteiger partial charge >= 0.3 is 5.97 Å². The molecule has 1 amide bonds. The lowest BCUT2D eigenvalue weighted by Gasteiger charge is -2.13. The van der Waals surface area contributed by atoms with Crippen molar-refractivity contribution in [1.82, 2.24) is 10.0 Å². The predicted molar refractivity (Wildman–Crippen MR) is 90.5 cm³/mol. The monoisotopic (exact) mass is 376 g/mol. The Morgan fingerprint density at radius 2 is 2.00 bits per heavy atom. The smallest absolute Gasteiger partial charge is 0.340 e. The van der Waals surface area contributed by atoms with Crippen LogP contribution in [0.25, 0.3) is 0 Å². The Labute approximate surface area is 146 Å². The summed E-state index contributed by atoms with van der Waals surface area (Å²) in [5.74, 6) is -1.30. The lowest BCUT2D eigenvalue weighted by molar-refractivity contribution is -0.124.